The van der Waals surface area contributed by atoms with Crippen LogP contribution in [0.2, 0.25) is 0 Å². The molecule has 0 spiro atoms. The smallest absolute Gasteiger partial charge is 0.180 e. The van der Waals surface area contributed by atoms with E-state index in [1.807, 2.05) is 30.0 Å². The summed E-state index contributed by atoms with van der Waals surface area (Å²) in [5, 5.41) is 3.13. The van der Waals surface area contributed by atoms with E-state index in [0.29, 0.717) is 0 Å². The number of fused-ring (bicyclic) bond motifs is 1. The molecular formula is C15H24N6. The van der Waals surface area contributed by atoms with Gasteiger partial charge in [-0.2, -0.15) is 0 Å². The molecule has 0 aromatic carbocycles. The molecule has 0 unspecified atom stereocenters. The maximum absolute atomic E-state index is 4.71. The number of nitrogens with zero attached hydrogens (tertiary/aromatic N) is 5. The summed E-state index contributed by atoms with van der Waals surface area (Å²) in [6.45, 7) is 9.94. The van der Waals surface area contributed by atoms with E-state index in [0.717, 1.165) is 49.4 Å². The maximum atomic E-state index is 4.71. The molecule has 1 fully saturated rings. The minimum atomic E-state index is 0.723. The standard InChI is InChI=1S/C15H24N6/c1-12(2)10-19-6-8-20(9-7-19)15-14-17-4-5-21(14)11-13(16-3)18-15/h4-5,11-12,16H,6-10H2,1-3H3. The molecule has 3 rings (SSSR count). The van der Waals surface area contributed by atoms with Crippen molar-refractivity contribution in [2.24, 2.45) is 5.92 Å². The Balaban J connectivity index is 1.80. The van der Waals surface area contributed by atoms with Crippen molar-refractivity contribution in [3.05, 3.63) is 18.6 Å². The van der Waals surface area contributed by atoms with Crippen LogP contribution in [0.5, 0.6) is 0 Å². The lowest BCUT2D eigenvalue weighted by molar-refractivity contribution is 0.231. The van der Waals surface area contributed by atoms with Gasteiger partial charge in [0.05, 0.1) is 6.20 Å². The molecule has 0 atom stereocenters. The van der Waals surface area contributed by atoms with Crippen LogP contribution in [0.25, 0.3) is 5.65 Å². The van der Waals surface area contributed by atoms with Crippen molar-refractivity contribution in [1.82, 2.24) is 19.3 Å². The van der Waals surface area contributed by atoms with E-state index in [9.17, 15) is 0 Å². The molecule has 0 aliphatic carbocycles. The number of anilines is 2. The first-order valence-corrected chi connectivity index (χ1v) is 7.66. The highest BCUT2D eigenvalue weighted by Gasteiger charge is 2.21. The number of hydrogen-bond acceptors (Lipinski definition) is 5. The molecule has 2 aromatic rings. The first-order valence-electron chi connectivity index (χ1n) is 7.66. The first kappa shape index (κ1) is 14.1. The van der Waals surface area contributed by atoms with Gasteiger partial charge in [0.1, 0.15) is 5.82 Å². The van der Waals surface area contributed by atoms with Crippen molar-refractivity contribution in [3.63, 3.8) is 0 Å². The molecule has 1 aliphatic heterocycles. The molecule has 1 saturated heterocycles. The van der Waals surface area contributed by atoms with Gasteiger partial charge in [-0.25, -0.2) is 9.97 Å². The van der Waals surface area contributed by atoms with Gasteiger partial charge >= 0.3 is 0 Å². The van der Waals surface area contributed by atoms with Crippen LogP contribution in [0.15, 0.2) is 18.6 Å². The summed E-state index contributed by atoms with van der Waals surface area (Å²) >= 11 is 0. The van der Waals surface area contributed by atoms with Crippen molar-refractivity contribution in [2.75, 3.05) is 50.0 Å². The third-order valence-electron chi connectivity index (χ3n) is 3.91. The lowest BCUT2D eigenvalue weighted by Crippen LogP contribution is -2.47. The first-order chi connectivity index (χ1) is 10.2. The minimum Gasteiger partial charge on any atom is -0.372 e. The Bertz CT molecular complexity index is 597. The molecule has 21 heavy (non-hydrogen) atoms. The zero-order valence-corrected chi connectivity index (χ0v) is 13.1. The van der Waals surface area contributed by atoms with E-state index >= 15 is 0 Å². The number of piperazine rings is 1. The zero-order valence-electron chi connectivity index (χ0n) is 13.1. The molecule has 1 N–H and O–H groups in total. The van der Waals surface area contributed by atoms with Gasteiger partial charge in [0, 0.05) is 52.2 Å². The topological polar surface area (TPSA) is 48.7 Å². The SMILES string of the molecule is CNc1cn2ccnc2c(N2CCN(CC(C)C)CC2)n1. The fourth-order valence-electron chi connectivity index (χ4n) is 2.91. The monoisotopic (exact) mass is 288 g/mol. The fourth-order valence-corrected chi connectivity index (χ4v) is 2.91. The highest BCUT2D eigenvalue weighted by atomic mass is 15.3. The molecule has 0 saturated carbocycles. The van der Waals surface area contributed by atoms with Gasteiger partial charge in [0.25, 0.3) is 0 Å². The predicted octanol–water partition coefficient (Wildman–Crippen LogP) is 1.55. The molecule has 0 bridgehead atoms. The second kappa shape index (κ2) is 5.89. The molecular weight excluding hydrogens is 264 g/mol. The van der Waals surface area contributed by atoms with E-state index in [1.54, 1.807) is 0 Å². The average molecular weight is 288 g/mol. The molecule has 1 aliphatic rings. The second-order valence-corrected chi connectivity index (χ2v) is 6.04. The Kier molecular flexibility index (Phi) is 3.96. The highest BCUT2D eigenvalue weighted by molar-refractivity contribution is 5.67. The van der Waals surface area contributed by atoms with Crippen LogP contribution in [0.1, 0.15) is 13.8 Å². The molecule has 6 heteroatoms. The summed E-state index contributed by atoms with van der Waals surface area (Å²) in [6, 6.07) is 0. The van der Waals surface area contributed by atoms with Gasteiger partial charge in [0.2, 0.25) is 0 Å². The largest absolute Gasteiger partial charge is 0.372 e. The van der Waals surface area contributed by atoms with Gasteiger partial charge in [-0.3, -0.25) is 4.90 Å². The van der Waals surface area contributed by atoms with Crippen LogP contribution in [0, 0.1) is 5.92 Å². The van der Waals surface area contributed by atoms with Crippen LogP contribution < -0.4 is 10.2 Å². The van der Waals surface area contributed by atoms with Crippen LogP contribution in [-0.2, 0) is 0 Å². The van der Waals surface area contributed by atoms with Crippen molar-refractivity contribution in [2.45, 2.75) is 13.8 Å². The Morgan fingerprint density at radius 3 is 2.67 bits per heavy atom. The molecule has 0 amide bonds. The third-order valence-corrected chi connectivity index (χ3v) is 3.91. The number of nitrogens with one attached hydrogen (secondary N) is 1. The van der Waals surface area contributed by atoms with Gasteiger partial charge in [-0.05, 0) is 5.92 Å². The minimum absolute atomic E-state index is 0.723. The van der Waals surface area contributed by atoms with E-state index < -0.39 is 0 Å². The van der Waals surface area contributed by atoms with E-state index in [2.05, 4.69) is 33.9 Å². The number of aromatic nitrogens is 3. The normalized spacial score (nSPS) is 16.9. The molecule has 2 aromatic heterocycles. The summed E-state index contributed by atoms with van der Waals surface area (Å²) in [4.78, 5) is 14.0. The van der Waals surface area contributed by atoms with E-state index in [-0.39, 0.29) is 0 Å². The maximum Gasteiger partial charge on any atom is 0.180 e. The van der Waals surface area contributed by atoms with Crippen molar-refractivity contribution in [1.29, 1.82) is 0 Å². The number of imidazole rings is 1. The van der Waals surface area contributed by atoms with Crippen LogP contribution in [-0.4, -0.2) is 59.0 Å². The van der Waals surface area contributed by atoms with Crippen molar-refractivity contribution < 1.29 is 0 Å². The van der Waals surface area contributed by atoms with Crippen LogP contribution in [0.4, 0.5) is 11.6 Å². The third kappa shape index (κ3) is 2.95. The highest BCUT2D eigenvalue weighted by Crippen LogP contribution is 2.22. The van der Waals surface area contributed by atoms with E-state index in [4.69, 9.17) is 4.98 Å². The quantitative estimate of drug-likeness (QED) is 0.925. The fraction of sp³-hybridized carbons (Fsp3) is 0.600. The Hall–Kier alpha value is -1.82. The van der Waals surface area contributed by atoms with Gasteiger partial charge in [-0.15, -0.1) is 0 Å². The predicted molar refractivity (Wildman–Crippen MR) is 86.0 cm³/mol. The summed E-state index contributed by atoms with van der Waals surface area (Å²) in [6.07, 6.45) is 5.77. The van der Waals surface area contributed by atoms with Crippen molar-refractivity contribution in [3.8, 4) is 0 Å². The summed E-state index contributed by atoms with van der Waals surface area (Å²) < 4.78 is 2.04. The Morgan fingerprint density at radius 2 is 2.00 bits per heavy atom. The number of rotatable bonds is 4. The summed E-state index contributed by atoms with van der Waals surface area (Å²) in [7, 11) is 1.90. The second-order valence-electron chi connectivity index (χ2n) is 6.04. The van der Waals surface area contributed by atoms with Gasteiger partial charge < -0.3 is 14.6 Å². The summed E-state index contributed by atoms with van der Waals surface area (Å²) in [5.41, 5.74) is 0.936. The van der Waals surface area contributed by atoms with Crippen molar-refractivity contribution >= 4 is 17.3 Å². The molecule has 114 valence electrons. The van der Waals surface area contributed by atoms with E-state index in [1.165, 1.54) is 6.54 Å². The lowest BCUT2D eigenvalue weighted by Gasteiger charge is -2.36. The zero-order chi connectivity index (χ0) is 14.8. The van der Waals surface area contributed by atoms with Gasteiger partial charge in [-0.1, -0.05) is 13.8 Å². The number of hydrogen-bond donors (Lipinski definition) is 1. The average Bonchev–Trinajstić information content (AvgIpc) is 2.94. The van der Waals surface area contributed by atoms with Crippen LogP contribution in [0.3, 0.4) is 0 Å². The Labute approximate surface area is 125 Å². The van der Waals surface area contributed by atoms with Gasteiger partial charge in [0.15, 0.2) is 11.5 Å². The summed E-state index contributed by atoms with van der Waals surface area (Å²) in [5.74, 6) is 2.58. The molecule has 0 radical (unpaired) electrons. The molecule has 3 heterocycles. The lowest BCUT2D eigenvalue weighted by atomic mass is 10.2. The Morgan fingerprint density at radius 1 is 1.24 bits per heavy atom. The molecule has 6 nitrogen and oxygen atoms in total. The van der Waals surface area contributed by atoms with Crippen LogP contribution >= 0.6 is 0 Å².